The lowest BCUT2D eigenvalue weighted by molar-refractivity contribution is -0.0376. The summed E-state index contributed by atoms with van der Waals surface area (Å²) in [6, 6.07) is 0.679. The van der Waals surface area contributed by atoms with Gasteiger partial charge >= 0.3 is 0 Å². The Kier molecular flexibility index (Phi) is 5.05. The lowest BCUT2D eigenvalue weighted by Crippen LogP contribution is -2.43. The summed E-state index contributed by atoms with van der Waals surface area (Å²) in [7, 11) is 0. The van der Waals surface area contributed by atoms with Gasteiger partial charge in [-0.2, -0.15) is 0 Å². The van der Waals surface area contributed by atoms with Crippen LogP contribution >= 0.6 is 0 Å². The van der Waals surface area contributed by atoms with E-state index in [9.17, 15) is 5.11 Å². The van der Waals surface area contributed by atoms with E-state index < -0.39 is 0 Å². The van der Waals surface area contributed by atoms with Crippen molar-refractivity contribution >= 4 is 0 Å². The van der Waals surface area contributed by atoms with Crippen LogP contribution in [-0.4, -0.2) is 47.4 Å². The fourth-order valence-corrected chi connectivity index (χ4v) is 3.47. The lowest BCUT2D eigenvalue weighted by atomic mass is 9.94. The second-order valence-corrected chi connectivity index (χ2v) is 6.55. The molecule has 2 aliphatic rings. The highest BCUT2D eigenvalue weighted by Crippen LogP contribution is 2.31. The Morgan fingerprint density at radius 1 is 1.17 bits per heavy atom. The first-order valence-electron chi connectivity index (χ1n) is 7.63. The van der Waals surface area contributed by atoms with E-state index in [-0.39, 0.29) is 12.2 Å². The van der Waals surface area contributed by atoms with Gasteiger partial charge in [-0.1, -0.05) is 19.3 Å². The molecule has 18 heavy (non-hydrogen) atoms. The number of ether oxygens (including phenoxy) is 1. The van der Waals surface area contributed by atoms with E-state index in [2.05, 4.69) is 18.7 Å². The van der Waals surface area contributed by atoms with Crippen molar-refractivity contribution in [2.75, 3.05) is 19.7 Å². The van der Waals surface area contributed by atoms with Crippen molar-refractivity contribution in [3.05, 3.63) is 0 Å². The predicted molar refractivity (Wildman–Crippen MR) is 73.7 cm³/mol. The molecule has 0 aromatic carbocycles. The van der Waals surface area contributed by atoms with Crippen LogP contribution in [0.15, 0.2) is 0 Å². The van der Waals surface area contributed by atoms with Gasteiger partial charge in [-0.25, -0.2) is 0 Å². The van der Waals surface area contributed by atoms with Gasteiger partial charge in [-0.05, 0) is 39.5 Å². The molecule has 0 spiro atoms. The van der Waals surface area contributed by atoms with E-state index in [1.807, 2.05) is 0 Å². The van der Waals surface area contributed by atoms with Crippen LogP contribution in [0.25, 0.3) is 0 Å². The molecule has 3 nitrogen and oxygen atoms in total. The highest BCUT2D eigenvalue weighted by Gasteiger charge is 2.33. The molecule has 2 rings (SSSR count). The number of aliphatic hydroxyl groups is 1. The van der Waals surface area contributed by atoms with E-state index in [0.29, 0.717) is 12.1 Å². The molecular formula is C15H29NO2. The molecule has 1 saturated carbocycles. The maximum absolute atomic E-state index is 9.26. The third kappa shape index (κ3) is 3.94. The van der Waals surface area contributed by atoms with Crippen LogP contribution in [0.1, 0.15) is 58.8 Å². The van der Waals surface area contributed by atoms with Gasteiger partial charge in [-0.15, -0.1) is 0 Å². The molecule has 0 bridgehead atoms. The number of nitrogens with zero attached hydrogens (tertiary/aromatic N) is 1. The maximum atomic E-state index is 9.26. The molecule has 106 valence electrons. The molecule has 0 radical (unpaired) electrons. The normalized spacial score (nSPS) is 29.0. The quantitative estimate of drug-likeness (QED) is 0.819. The van der Waals surface area contributed by atoms with Crippen molar-refractivity contribution in [1.29, 1.82) is 0 Å². The summed E-state index contributed by atoms with van der Waals surface area (Å²) in [5, 5.41) is 9.26. The van der Waals surface area contributed by atoms with Crippen molar-refractivity contribution in [2.45, 2.75) is 76.5 Å². The monoisotopic (exact) mass is 255 g/mol. The molecule has 1 N–H and O–H groups in total. The van der Waals surface area contributed by atoms with E-state index in [1.54, 1.807) is 0 Å². The topological polar surface area (TPSA) is 32.7 Å². The number of aliphatic hydroxyl groups excluding tert-OH is 1. The first kappa shape index (κ1) is 14.3. The first-order chi connectivity index (χ1) is 8.61. The molecule has 1 heterocycles. The van der Waals surface area contributed by atoms with Crippen molar-refractivity contribution < 1.29 is 9.84 Å². The van der Waals surface area contributed by atoms with Gasteiger partial charge in [0, 0.05) is 19.1 Å². The standard InChI is InChI=1S/C15H29NO2/c1-15(2)9-8-14(18-15)12-16(10-11-17)13-6-4-3-5-7-13/h13-14,17H,3-12H2,1-2H3. The van der Waals surface area contributed by atoms with E-state index in [0.717, 1.165) is 19.5 Å². The summed E-state index contributed by atoms with van der Waals surface area (Å²) < 4.78 is 6.09. The van der Waals surface area contributed by atoms with Crippen molar-refractivity contribution in [3.63, 3.8) is 0 Å². The molecule has 1 unspecified atom stereocenters. The van der Waals surface area contributed by atoms with Crippen LogP contribution in [0.4, 0.5) is 0 Å². The Morgan fingerprint density at radius 2 is 1.89 bits per heavy atom. The number of rotatable bonds is 5. The van der Waals surface area contributed by atoms with E-state index in [4.69, 9.17) is 4.74 Å². The molecular weight excluding hydrogens is 226 g/mol. The SMILES string of the molecule is CC1(C)CCC(CN(CCO)C2CCCCC2)O1. The van der Waals surface area contributed by atoms with Gasteiger partial charge in [0.1, 0.15) is 0 Å². The van der Waals surface area contributed by atoms with Crippen LogP contribution in [0.5, 0.6) is 0 Å². The Hall–Kier alpha value is -0.120. The summed E-state index contributed by atoms with van der Waals surface area (Å²) in [6.45, 7) is 6.46. The largest absolute Gasteiger partial charge is 0.395 e. The fourth-order valence-electron chi connectivity index (χ4n) is 3.47. The third-order valence-electron chi connectivity index (χ3n) is 4.47. The number of hydrogen-bond acceptors (Lipinski definition) is 3. The van der Waals surface area contributed by atoms with Crippen LogP contribution in [0, 0.1) is 0 Å². The molecule has 2 fully saturated rings. The molecule has 0 aromatic rings. The minimum Gasteiger partial charge on any atom is -0.395 e. The minimum absolute atomic E-state index is 0.0577. The summed E-state index contributed by atoms with van der Waals surface area (Å²) in [5.41, 5.74) is 0.0577. The van der Waals surface area contributed by atoms with Crippen LogP contribution < -0.4 is 0 Å². The second kappa shape index (κ2) is 6.36. The van der Waals surface area contributed by atoms with Crippen molar-refractivity contribution in [1.82, 2.24) is 4.90 Å². The highest BCUT2D eigenvalue weighted by molar-refractivity contribution is 4.85. The Balaban J connectivity index is 1.85. The van der Waals surface area contributed by atoms with Gasteiger partial charge in [0.25, 0.3) is 0 Å². The molecule has 1 aliphatic carbocycles. The van der Waals surface area contributed by atoms with Crippen molar-refractivity contribution in [2.24, 2.45) is 0 Å². The summed E-state index contributed by atoms with van der Waals surface area (Å²) in [6.07, 6.45) is 9.39. The summed E-state index contributed by atoms with van der Waals surface area (Å²) in [5.74, 6) is 0. The summed E-state index contributed by atoms with van der Waals surface area (Å²) >= 11 is 0. The number of hydrogen-bond donors (Lipinski definition) is 1. The Bertz CT molecular complexity index is 249. The molecule has 1 saturated heterocycles. The van der Waals surface area contributed by atoms with Crippen LogP contribution in [0.3, 0.4) is 0 Å². The first-order valence-corrected chi connectivity index (χ1v) is 7.63. The van der Waals surface area contributed by atoms with Gasteiger partial charge in [0.15, 0.2) is 0 Å². The smallest absolute Gasteiger partial charge is 0.0710 e. The zero-order chi connectivity index (χ0) is 13.0. The highest BCUT2D eigenvalue weighted by atomic mass is 16.5. The predicted octanol–water partition coefficient (Wildman–Crippen LogP) is 2.57. The average Bonchev–Trinajstić information content (AvgIpc) is 2.69. The Labute approximate surface area is 112 Å². The summed E-state index contributed by atoms with van der Waals surface area (Å²) in [4.78, 5) is 2.48. The minimum atomic E-state index is 0.0577. The second-order valence-electron chi connectivity index (χ2n) is 6.55. The maximum Gasteiger partial charge on any atom is 0.0710 e. The zero-order valence-corrected chi connectivity index (χ0v) is 12.0. The van der Waals surface area contributed by atoms with E-state index >= 15 is 0 Å². The average molecular weight is 255 g/mol. The third-order valence-corrected chi connectivity index (χ3v) is 4.47. The molecule has 0 amide bonds. The fraction of sp³-hybridized carbons (Fsp3) is 1.00. The van der Waals surface area contributed by atoms with Gasteiger partial charge in [0.2, 0.25) is 0 Å². The van der Waals surface area contributed by atoms with Gasteiger partial charge in [0.05, 0.1) is 18.3 Å². The van der Waals surface area contributed by atoms with Crippen LogP contribution in [-0.2, 0) is 4.74 Å². The van der Waals surface area contributed by atoms with Gasteiger partial charge in [-0.3, -0.25) is 4.90 Å². The molecule has 1 aliphatic heterocycles. The zero-order valence-electron chi connectivity index (χ0n) is 12.0. The molecule has 3 heteroatoms. The van der Waals surface area contributed by atoms with Gasteiger partial charge < -0.3 is 9.84 Å². The van der Waals surface area contributed by atoms with E-state index in [1.165, 1.54) is 38.5 Å². The molecule has 0 aromatic heterocycles. The van der Waals surface area contributed by atoms with Crippen LogP contribution in [0.2, 0.25) is 0 Å². The lowest BCUT2D eigenvalue weighted by Gasteiger charge is -2.35. The Morgan fingerprint density at radius 3 is 2.44 bits per heavy atom. The van der Waals surface area contributed by atoms with Crippen molar-refractivity contribution in [3.8, 4) is 0 Å². The molecule has 1 atom stereocenters.